The second kappa shape index (κ2) is 11.2. The molecule has 0 unspecified atom stereocenters. The van der Waals surface area contributed by atoms with Crippen molar-refractivity contribution in [2.24, 2.45) is 0 Å². The van der Waals surface area contributed by atoms with Crippen molar-refractivity contribution in [3.63, 3.8) is 0 Å². The zero-order valence-electron chi connectivity index (χ0n) is 20.6. The van der Waals surface area contributed by atoms with Crippen LogP contribution in [0, 0.1) is 6.92 Å². The van der Waals surface area contributed by atoms with Gasteiger partial charge in [-0.3, -0.25) is 9.59 Å². The monoisotopic (exact) mass is 438 g/mol. The summed E-state index contributed by atoms with van der Waals surface area (Å²) in [4.78, 5) is 27.7. The van der Waals surface area contributed by atoms with Crippen molar-refractivity contribution in [3.05, 3.63) is 65.2 Å². The average molecular weight is 439 g/mol. The highest BCUT2D eigenvalue weighted by molar-refractivity contribution is 5.88. The van der Waals surface area contributed by atoms with Crippen molar-refractivity contribution >= 4 is 11.8 Å². The van der Waals surface area contributed by atoms with Crippen molar-refractivity contribution in [3.8, 4) is 5.75 Å². The number of aryl methyl sites for hydroxylation is 1. The zero-order valence-corrected chi connectivity index (χ0v) is 20.6. The lowest BCUT2D eigenvalue weighted by atomic mass is 9.87. The van der Waals surface area contributed by atoms with Gasteiger partial charge in [0.1, 0.15) is 11.8 Å². The van der Waals surface area contributed by atoms with Crippen LogP contribution in [0.15, 0.2) is 48.5 Å². The van der Waals surface area contributed by atoms with Gasteiger partial charge >= 0.3 is 0 Å². The topological polar surface area (TPSA) is 58.6 Å². The van der Waals surface area contributed by atoms with E-state index in [1.807, 2.05) is 76.2 Å². The Morgan fingerprint density at radius 2 is 1.72 bits per heavy atom. The molecule has 0 saturated carbocycles. The van der Waals surface area contributed by atoms with E-state index in [0.29, 0.717) is 18.7 Å². The Morgan fingerprint density at radius 1 is 1.06 bits per heavy atom. The average Bonchev–Trinajstić information content (AvgIpc) is 2.71. The number of amides is 2. The first-order valence-corrected chi connectivity index (χ1v) is 11.4. The van der Waals surface area contributed by atoms with Crippen LogP contribution < -0.4 is 10.1 Å². The van der Waals surface area contributed by atoms with Crippen LogP contribution in [-0.2, 0) is 21.5 Å². The highest BCUT2D eigenvalue weighted by Crippen LogP contribution is 2.24. The molecule has 32 heavy (non-hydrogen) atoms. The predicted molar refractivity (Wildman–Crippen MR) is 130 cm³/mol. The normalized spacial score (nSPS) is 12.4. The predicted octanol–water partition coefficient (Wildman–Crippen LogP) is 5.00. The van der Waals surface area contributed by atoms with Gasteiger partial charge in [-0.1, -0.05) is 69.7 Å². The van der Waals surface area contributed by atoms with Crippen LogP contribution in [0.2, 0.25) is 0 Å². The molecular weight excluding hydrogens is 400 g/mol. The molecule has 5 heteroatoms. The van der Waals surface area contributed by atoms with E-state index in [9.17, 15) is 9.59 Å². The SMILES string of the molecule is CC[C@H](C(=O)NC(C)C)N(Cc1cccc(C)c1)C(=O)COc1ccc(C(C)(C)C)cc1. The number of rotatable bonds is 9. The van der Waals surface area contributed by atoms with Crippen LogP contribution in [0.5, 0.6) is 5.75 Å². The summed E-state index contributed by atoms with van der Waals surface area (Å²) in [6.07, 6.45) is 0.524. The summed E-state index contributed by atoms with van der Waals surface area (Å²) in [6, 6.07) is 15.3. The van der Waals surface area contributed by atoms with Crippen LogP contribution >= 0.6 is 0 Å². The molecule has 0 aliphatic carbocycles. The third-order valence-electron chi connectivity index (χ3n) is 5.33. The molecule has 0 aliphatic heterocycles. The molecule has 2 aromatic rings. The Labute approximate surface area is 193 Å². The number of hydrogen-bond donors (Lipinski definition) is 1. The van der Waals surface area contributed by atoms with Gasteiger partial charge in [-0.2, -0.15) is 0 Å². The molecule has 5 nitrogen and oxygen atoms in total. The van der Waals surface area contributed by atoms with Gasteiger partial charge in [0.05, 0.1) is 0 Å². The third kappa shape index (κ3) is 7.40. The standard InChI is InChI=1S/C27H38N2O3/c1-8-24(26(31)28-19(2)3)29(17-21-11-9-10-20(4)16-21)25(30)18-32-23-14-12-22(13-15-23)27(5,6)7/h9-16,19,24H,8,17-18H2,1-7H3,(H,28,31)/t24-/m1/s1. The molecule has 0 fully saturated rings. The van der Waals surface area contributed by atoms with E-state index < -0.39 is 6.04 Å². The van der Waals surface area contributed by atoms with E-state index in [2.05, 4.69) is 26.1 Å². The van der Waals surface area contributed by atoms with Gasteiger partial charge in [0.2, 0.25) is 5.91 Å². The molecular formula is C27H38N2O3. The summed E-state index contributed by atoms with van der Waals surface area (Å²) in [7, 11) is 0. The van der Waals surface area contributed by atoms with E-state index in [-0.39, 0.29) is 29.9 Å². The van der Waals surface area contributed by atoms with Gasteiger partial charge < -0.3 is 15.0 Å². The van der Waals surface area contributed by atoms with Crippen molar-refractivity contribution in [2.75, 3.05) is 6.61 Å². The second-order valence-corrected chi connectivity index (χ2v) is 9.66. The maximum absolute atomic E-state index is 13.2. The molecule has 0 saturated heterocycles. The summed E-state index contributed by atoms with van der Waals surface area (Å²) in [6.45, 7) is 14.5. The van der Waals surface area contributed by atoms with E-state index >= 15 is 0 Å². The van der Waals surface area contributed by atoms with E-state index in [4.69, 9.17) is 4.74 Å². The van der Waals surface area contributed by atoms with Crippen LogP contribution in [0.1, 0.15) is 64.7 Å². The molecule has 0 heterocycles. The van der Waals surface area contributed by atoms with Crippen molar-refractivity contribution in [1.82, 2.24) is 10.2 Å². The molecule has 1 atom stereocenters. The summed E-state index contributed by atoms with van der Waals surface area (Å²) in [5.74, 6) is 0.289. The van der Waals surface area contributed by atoms with Gasteiger partial charge in [0.15, 0.2) is 6.61 Å². The van der Waals surface area contributed by atoms with Crippen molar-refractivity contribution in [1.29, 1.82) is 0 Å². The minimum Gasteiger partial charge on any atom is -0.484 e. The Morgan fingerprint density at radius 3 is 2.25 bits per heavy atom. The second-order valence-electron chi connectivity index (χ2n) is 9.66. The Hall–Kier alpha value is -2.82. The van der Waals surface area contributed by atoms with Gasteiger partial charge in [-0.25, -0.2) is 0 Å². The number of carbonyl (C=O) groups is 2. The quantitative estimate of drug-likeness (QED) is 0.599. The van der Waals surface area contributed by atoms with Crippen LogP contribution in [-0.4, -0.2) is 35.4 Å². The highest BCUT2D eigenvalue weighted by Gasteiger charge is 2.29. The molecule has 2 rings (SSSR count). The highest BCUT2D eigenvalue weighted by atomic mass is 16.5. The van der Waals surface area contributed by atoms with Crippen LogP contribution in [0.3, 0.4) is 0 Å². The van der Waals surface area contributed by atoms with Crippen LogP contribution in [0.4, 0.5) is 0 Å². The molecule has 0 radical (unpaired) electrons. The summed E-state index contributed by atoms with van der Waals surface area (Å²) < 4.78 is 5.81. The fourth-order valence-electron chi connectivity index (χ4n) is 3.59. The summed E-state index contributed by atoms with van der Waals surface area (Å²) >= 11 is 0. The maximum Gasteiger partial charge on any atom is 0.261 e. The van der Waals surface area contributed by atoms with E-state index in [1.165, 1.54) is 5.56 Å². The van der Waals surface area contributed by atoms with Crippen molar-refractivity contribution < 1.29 is 14.3 Å². The molecule has 0 aromatic heterocycles. The minimum absolute atomic E-state index is 0.00468. The number of nitrogens with zero attached hydrogens (tertiary/aromatic N) is 1. The lowest BCUT2D eigenvalue weighted by Gasteiger charge is -2.31. The fraction of sp³-hybridized carbons (Fsp3) is 0.481. The van der Waals surface area contributed by atoms with Crippen molar-refractivity contribution in [2.45, 2.75) is 78.9 Å². The minimum atomic E-state index is -0.558. The Balaban J connectivity index is 2.19. The summed E-state index contributed by atoms with van der Waals surface area (Å²) in [5.41, 5.74) is 3.36. The van der Waals surface area contributed by atoms with Gasteiger partial charge in [-0.15, -0.1) is 0 Å². The molecule has 2 aromatic carbocycles. The lowest BCUT2D eigenvalue weighted by molar-refractivity contribution is -0.143. The smallest absolute Gasteiger partial charge is 0.261 e. The number of carbonyl (C=O) groups excluding carboxylic acids is 2. The first-order valence-electron chi connectivity index (χ1n) is 11.4. The largest absolute Gasteiger partial charge is 0.484 e. The van der Waals surface area contributed by atoms with E-state index in [0.717, 1.165) is 11.1 Å². The summed E-state index contributed by atoms with van der Waals surface area (Å²) in [5, 5.41) is 2.95. The number of ether oxygens (including phenoxy) is 1. The lowest BCUT2D eigenvalue weighted by Crippen LogP contribution is -2.51. The van der Waals surface area contributed by atoms with Crippen LogP contribution in [0.25, 0.3) is 0 Å². The molecule has 174 valence electrons. The van der Waals surface area contributed by atoms with Gasteiger partial charge in [0.25, 0.3) is 5.91 Å². The van der Waals surface area contributed by atoms with Gasteiger partial charge in [-0.05, 0) is 55.9 Å². The Kier molecular flexibility index (Phi) is 8.88. The molecule has 1 N–H and O–H groups in total. The fourth-order valence-corrected chi connectivity index (χ4v) is 3.59. The molecule has 0 bridgehead atoms. The van der Waals surface area contributed by atoms with E-state index in [1.54, 1.807) is 4.90 Å². The number of benzene rings is 2. The zero-order chi connectivity index (χ0) is 23.9. The number of hydrogen-bond acceptors (Lipinski definition) is 3. The molecule has 2 amide bonds. The Bertz CT molecular complexity index is 898. The van der Waals surface area contributed by atoms with Gasteiger partial charge in [0, 0.05) is 12.6 Å². The number of nitrogens with one attached hydrogen (secondary N) is 1. The maximum atomic E-state index is 13.2. The first kappa shape index (κ1) is 25.4. The molecule has 0 spiro atoms. The molecule has 0 aliphatic rings. The first-order chi connectivity index (χ1) is 15.0. The third-order valence-corrected chi connectivity index (χ3v) is 5.33.